The van der Waals surface area contributed by atoms with E-state index in [-0.39, 0.29) is 5.56 Å². The zero-order valence-corrected chi connectivity index (χ0v) is 19.1. The van der Waals surface area contributed by atoms with Gasteiger partial charge in [-0.1, -0.05) is 25.5 Å². The van der Waals surface area contributed by atoms with Crippen molar-refractivity contribution in [2.45, 2.75) is 26.3 Å². The van der Waals surface area contributed by atoms with Crippen LogP contribution in [0.3, 0.4) is 0 Å². The summed E-state index contributed by atoms with van der Waals surface area (Å²) >= 11 is 0. The molecule has 2 aromatic carbocycles. The Kier molecular flexibility index (Phi) is 8.03. The van der Waals surface area contributed by atoms with Gasteiger partial charge in [0.15, 0.2) is 0 Å². The molecule has 1 heterocycles. The number of benzene rings is 2. The fraction of sp³-hybridized carbons (Fsp3) is 0.360. The van der Waals surface area contributed by atoms with Crippen molar-refractivity contribution >= 4 is 22.6 Å². The number of carbonyl (C=O) groups excluding carboxylic acids is 1. The first kappa shape index (κ1) is 23.5. The SMILES string of the molecule is CCCc1c(OC)ccc2cc(C(=O)Nc3ccc(CN(C)CCOC)cc3)c(=O)oc12. The summed E-state index contributed by atoms with van der Waals surface area (Å²) < 4.78 is 16.1. The monoisotopic (exact) mass is 438 g/mol. The Bertz CT molecular complexity index is 1120. The molecule has 0 bridgehead atoms. The molecule has 1 amide bonds. The molecule has 3 rings (SSSR count). The molecule has 0 radical (unpaired) electrons. The van der Waals surface area contributed by atoms with E-state index in [0.29, 0.717) is 35.4 Å². The molecule has 0 saturated heterocycles. The normalized spacial score (nSPS) is 11.2. The van der Waals surface area contributed by atoms with Gasteiger partial charge < -0.3 is 19.2 Å². The number of anilines is 1. The highest BCUT2D eigenvalue weighted by Crippen LogP contribution is 2.29. The lowest BCUT2D eigenvalue weighted by atomic mass is 10.0. The number of nitrogens with one attached hydrogen (secondary N) is 1. The Balaban J connectivity index is 1.78. The van der Waals surface area contributed by atoms with E-state index in [1.807, 2.05) is 44.3 Å². The first-order valence-corrected chi connectivity index (χ1v) is 10.7. The number of likely N-dealkylation sites (N-methyl/N-ethyl adjacent to an activating group) is 1. The van der Waals surface area contributed by atoms with Gasteiger partial charge in [-0.25, -0.2) is 4.79 Å². The van der Waals surface area contributed by atoms with Crippen molar-refractivity contribution in [2.75, 3.05) is 39.7 Å². The topological polar surface area (TPSA) is 81.0 Å². The highest BCUT2D eigenvalue weighted by Gasteiger charge is 2.17. The predicted molar refractivity (Wildman–Crippen MR) is 126 cm³/mol. The summed E-state index contributed by atoms with van der Waals surface area (Å²) in [5, 5.41) is 3.47. The first-order chi connectivity index (χ1) is 15.5. The van der Waals surface area contributed by atoms with E-state index in [0.717, 1.165) is 30.6 Å². The maximum atomic E-state index is 12.8. The number of hydrogen-bond acceptors (Lipinski definition) is 6. The molecule has 0 aliphatic carbocycles. The number of fused-ring (bicyclic) bond motifs is 1. The molecule has 7 heteroatoms. The standard InChI is InChI=1S/C25H30N2O5/c1-5-6-20-22(31-4)12-9-18-15-21(25(29)32-23(18)20)24(28)26-19-10-7-17(8-11-19)16-27(2)13-14-30-3/h7-12,15H,5-6,13-14,16H2,1-4H3,(H,26,28). The third-order valence-electron chi connectivity index (χ3n) is 5.27. The van der Waals surface area contributed by atoms with Crippen LogP contribution in [0.1, 0.15) is 34.8 Å². The zero-order valence-electron chi connectivity index (χ0n) is 19.1. The summed E-state index contributed by atoms with van der Waals surface area (Å²) in [6.45, 7) is 4.32. The van der Waals surface area contributed by atoms with Gasteiger partial charge in [-0.3, -0.25) is 9.69 Å². The minimum atomic E-state index is -0.669. The van der Waals surface area contributed by atoms with Crippen molar-refractivity contribution < 1.29 is 18.7 Å². The number of nitrogens with zero attached hydrogens (tertiary/aromatic N) is 1. The summed E-state index contributed by atoms with van der Waals surface area (Å²) in [5.41, 5.74) is 2.33. The zero-order chi connectivity index (χ0) is 23.1. The average Bonchev–Trinajstić information content (AvgIpc) is 2.79. The Labute approximate surface area is 187 Å². The molecule has 0 aliphatic rings. The lowest BCUT2D eigenvalue weighted by Crippen LogP contribution is -2.22. The minimum Gasteiger partial charge on any atom is -0.496 e. The molecular weight excluding hydrogens is 408 g/mol. The predicted octanol–water partition coefficient (Wildman–Crippen LogP) is 4.08. The van der Waals surface area contributed by atoms with E-state index in [9.17, 15) is 9.59 Å². The third kappa shape index (κ3) is 5.55. The van der Waals surface area contributed by atoms with Crippen LogP contribution in [0.5, 0.6) is 5.75 Å². The third-order valence-corrected chi connectivity index (χ3v) is 5.27. The molecule has 0 aliphatic heterocycles. The van der Waals surface area contributed by atoms with Gasteiger partial charge in [0.25, 0.3) is 5.91 Å². The minimum absolute atomic E-state index is 0.0338. The molecule has 7 nitrogen and oxygen atoms in total. The molecule has 0 spiro atoms. The Morgan fingerprint density at radius 2 is 1.88 bits per heavy atom. The fourth-order valence-electron chi connectivity index (χ4n) is 3.59. The first-order valence-electron chi connectivity index (χ1n) is 10.7. The van der Waals surface area contributed by atoms with Gasteiger partial charge >= 0.3 is 5.63 Å². The van der Waals surface area contributed by atoms with Crippen LogP contribution in [0.15, 0.2) is 51.7 Å². The van der Waals surface area contributed by atoms with Gasteiger partial charge in [0.1, 0.15) is 16.9 Å². The van der Waals surface area contributed by atoms with Gasteiger partial charge in [-0.05, 0) is 49.4 Å². The lowest BCUT2D eigenvalue weighted by molar-refractivity contribution is 0.102. The second-order valence-electron chi connectivity index (χ2n) is 7.74. The van der Waals surface area contributed by atoms with Gasteiger partial charge in [0.05, 0.1) is 13.7 Å². The van der Waals surface area contributed by atoms with Gasteiger partial charge in [-0.15, -0.1) is 0 Å². The van der Waals surface area contributed by atoms with Gasteiger partial charge in [0.2, 0.25) is 0 Å². The maximum Gasteiger partial charge on any atom is 0.349 e. The number of amides is 1. The summed E-state index contributed by atoms with van der Waals surface area (Å²) in [6.07, 6.45) is 1.58. The Hall–Kier alpha value is -3.16. The Morgan fingerprint density at radius 1 is 1.12 bits per heavy atom. The van der Waals surface area contributed by atoms with Crippen LogP contribution in [0.4, 0.5) is 5.69 Å². The average molecular weight is 439 g/mol. The highest BCUT2D eigenvalue weighted by molar-refractivity contribution is 6.05. The molecule has 0 unspecified atom stereocenters. The van der Waals surface area contributed by atoms with Crippen LogP contribution in [0.25, 0.3) is 11.0 Å². The van der Waals surface area contributed by atoms with Crippen molar-refractivity contribution in [3.05, 3.63) is 69.6 Å². The van der Waals surface area contributed by atoms with Crippen molar-refractivity contribution in [3.63, 3.8) is 0 Å². The van der Waals surface area contributed by atoms with Crippen LogP contribution in [-0.4, -0.2) is 45.2 Å². The van der Waals surface area contributed by atoms with Gasteiger partial charge in [0, 0.05) is 36.8 Å². The number of carbonyl (C=O) groups is 1. The second kappa shape index (κ2) is 10.9. The molecule has 170 valence electrons. The summed E-state index contributed by atoms with van der Waals surface area (Å²) in [4.78, 5) is 27.5. The molecule has 0 saturated carbocycles. The van der Waals surface area contributed by atoms with Crippen molar-refractivity contribution in [2.24, 2.45) is 0 Å². The van der Waals surface area contributed by atoms with Crippen molar-refractivity contribution in [1.82, 2.24) is 4.90 Å². The quantitative estimate of drug-likeness (QED) is 0.481. The van der Waals surface area contributed by atoms with Crippen LogP contribution < -0.4 is 15.7 Å². The number of hydrogen-bond donors (Lipinski definition) is 1. The molecule has 0 atom stereocenters. The van der Waals surface area contributed by atoms with E-state index < -0.39 is 11.5 Å². The van der Waals surface area contributed by atoms with E-state index in [1.165, 1.54) is 0 Å². The molecule has 32 heavy (non-hydrogen) atoms. The lowest BCUT2D eigenvalue weighted by Gasteiger charge is -2.16. The summed E-state index contributed by atoms with van der Waals surface area (Å²) in [6, 6.07) is 12.7. The molecular formula is C25H30N2O5. The van der Waals surface area contributed by atoms with Crippen molar-refractivity contribution in [3.8, 4) is 5.75 Å². The van der Waals surface area contributed by atoms with Crippen LogP contribution in [0.2, 0.25) is 0 Å². The van der Waals surface area contributed by atoms with E-state index in [2.05, 4.69) is 10.2 Å². The molecule has 3 aromatic rings. The number of aryl methyl sites for hydroxylation is 1. The highest BCUT2D eigenvalue weighted by atomic mass is 16.5. The smallest absolute Gasteiger partial charge is 0.349 e. The van der Waals surface area contributed by atoms with Crippen LogP contribution in [-0.2, 0) is 17.7 Å². The second-order valence-corrected chi connectivity index (χ2v) is 7.74. The molecule has 1 N–H and O–H groups in total. The van der Waals surface area contributed by atoms with E-state index in [1.54, 1.807) is 26.4 Å². The van der Waals surface area contributed by atoms with Crippen LogP contribution in [0, 0.1) is 0 Å². The largest absolute Gasteiger partial charge is 0.496 e. The molecule has 1 aromatic heterocycles. The van der Waals surface area contributed by atoms with Gasteiger partial charge in [-0.2, -0.15) is 0 Å². The van der Waals surface area contributed by atoms with E-state index >= 15 is 0 Å². The fourth-order valence-corrected chi connectivity index (χ4v) is 3.59. The number of ether oxygens (including phenoxy) is 2. The number of methoxy groups -OCH3 is 2. The number of rotatable bonds is 10. The van der Waals surface area contributed by atoms with Crippen LogP contribution >= 0.6 is 0 Å². The summed E-state index contributed by atoms with van der Waals surface area (Å²) in [7, 11) is 5.29. The van der Waals surface area contributed by atoms with Crippen molar-refractivity contribution in [1.29, 1.82) is 0 Å². The maximum absolute atomic E-state index is 12.8. The molecule has 0 fully saturated rings. The Morgan fingerprint density at radius 3 is 2.53 bits per heavy atom. The summed E-state index contributed by atoms with van der Waals surface area (Å²) in [5.74, 6) is 0.172. The van der Waals surface area contributed by atoms with E-state index in [4.69, 9.17) is 13.9 Å².